The Hall–Kier alpha value is -2.12. The standard InChI is InChI=1S/C18H25N3O4/c1-10(2)17-19-18(25-20-17)11(3)21-8-12-14(23-4)6-7-15(24-5)16(12)13(22)9-21/h6-7,10-11,13,22H,8-9H2,1-5H3/t11-,13+/m1/s1. The highest BCUT2D eigenvalue weighted by Crippen LogP contribution is 2.41. The molecule has 25 heavy (non-hydrogen) atoms. The number of fused-ring (bicyclic) bond motifs is 1. The van der Waals surface area contributed by atoms with E-state index < -0.39 is 6.10 Å². The Balaban J connectivity index is 1.92. The summed E-state index contributed by atoms with van der Waals surface area (Å²) in [6, 6.07) is 3.58. The number of ether oxygens (including phenoxy) is 2. The van der Waals surface area contributed by atoms with Gasteiger partial charge in [-0.15, -0.1) is 0 Å². The van der Waals surface area contributed by atoms with Crippen molar-refractivity contribution >= 4 is 0 Å². The van der Waals surface area contributed by atoms with Crippen LogP contribution in [0.15, 0.2) is 16.7 Å². The van der Waals surface area contributed by atoms with Crippen LogP contribution in [0.1, 0.15) is 61.7 Å². The van der Waals surface area contributed by atoms with Crippen LogP contribution in [0.5, 0.6) is 11.5 Å². The molecule has 1 aromatic carbocycles. The molecule has 7 nitrogen and oxygen atoms in total. The topological polar surface area (TPSA) is 80.9 Å². The van der Waals surface area contributed by atoms with E-state index in [0.29, 0.717) is 30.6 Å². The van der Waals surface area contributed by atoms with Gasteiger partial charge in [-0.2, -0.15) is 4.98 Å². The van der Waals surface area contributed by atoms with Gasteiger partial charge in [-0.05, 0) is 19.1 Å². The number of hydrogen-bond donors (Lipinski definition) is 1. The average Bonchev–Trinajstić information content (AvgIpc) is 3.10. The van der Waals surface area contributed by atoms with Crippen molar-refractivity contribution in [3.8, 4) is 11.5 Å². The Labute approximate surface area is 147 Å². The third-order valence-corrected chi connectivity index (χ3v) is 4.69. The molecule has 0 fully saturated rings. The minimum atomic E-state index is -0.677. The molecule has 0 unspecified atom stereocenters. The van der Waals surface area contributed by atoms with Gasteiger partial charge in [-0.25, -0.2) is 0 Å². The van der Waals surface area contributed by atoms with Crippen molar-refractivity contribution in [3.05, 3.63) is 35.0 Å². The van der Waals surface area contributed by atoms with Crippen LogP contribution in [0.25, 0.3) is 0 Å². The molecule has 1 aliphatic heterocycles. The van der Waals surface area contributed by atoms with Crippen LogP contribution < -0.4 is 9.47 Å². The third-order valence-electron chi connectivity index (χ3n) is 4.69. The summed E-state index contributed by atoms with van der Waals surface area (Å²) < 4.78 is 16.3. The number of rotatable bonds is 5. The van der Waals surface area contributed by atoms with Gasteiger partial charge in [0, 0.05) is 30.1 Å². The lowest BCUT2D eigenvalue weighted by Gasteiger charge is -2.36. The molecule has 1 aliphatic rings. The lowest BCUT2D eigenvalue weighted by Crippen LogP contribution is -2.36. The lowest BCUT2D eigenvalue weighted by molar-refractivity contribution is 0.0567. The van der Waals surface area contributed by atoms with Crippen molar-refractivity contribution < 1.29 is 19.1 Å². The molecule has 0 saturated heterocycles. The van der Waals surface area contributed by atoms with Gasteiger partial charge in [0.1, 0.15) is 11.5 Å². The first kappa shape index (κ1) is 17.7. The number of aliphatic hydroxyl groups excluding tert-OH is 1. The van der Waals surface area contributed by atoms with Crippen LogP contribution >= 0.6 is 0 Å². The summed E-state index contributed by atoms with van der Waals surface area (Å²) in [5, 5.41) is 14.7. The third kappa shape index (κ3) is 3.21. The molecular formula is C18H25N3O4. The molecule has 3 rings (SSSR count). The molecule has 0 radical (unpaired) electrons. The minimum absolute atomic E-state index is 0.112. The predicted molar refractivity (Wildman–Crippen MR) is 91.7 cm³/mol. The van der Waals surface area contributed by atoms with Gasteiger partial charge in [0.15, 0.2) is 5.82 Å². The van der Waals surface area contributed by atoms with Crippen molar-refractivity contribution in [2.45, 2.75) is 45.4 Å². The second-order valence-corrected chi connectivity index (χ2v) is 6.63. The Morgan fingerprint density at radius 2 is 1.88 bits per heavy atom. The first-order valence-electron chi connectivity index (χ1n) is 8.45. The van der Waals surface area contributed by atoms with E-state index in [-0.39, 0.29) is 12.0 Å². The molecule has 2 heterocycles. The molecule has 0 saturated carbocycles. The number of benzene rings is 1. The van der Waals surface area contributed by atoms with Crippen LogP contribution in [0, 0.1) is 0 Å². The van der Waals surface area contributed by atoms with Crippen molar-refractivity contribution in [2.24, 2.45) is 0 Å². The largest absolute Gasteiger partial charge is 0.496 e. The molecule has 2 aromatic rings. The normalized spacial score (nSPS) is 18.9. The van der Waals surface area contributed by atoms with Gasteiger partial charge in [-0.1, -0.05) is 19.0 Å². The Kier molecular flexibility index (Phi) is 4.96. The van der Waals surface area contributed by atoms with Crippen molar-refractivity contribution in [1.29, 1.82) is 0 Å². The number of nitrogens with zero attached hydrogens (tertiary/aromatic N) is 3. The van der Waals surface area contributed by atoms with Gasteiger partial charge in [-0.3, -0.25) is 4.90 Å². The van der Waals surface area contributed by atoms with Gasteiger partial charge < -0.3 is 19.1 Å². The number of aliphatic hydroxyl groups is 1. The second-order valence-electron chi connectivity index (χ2n) is 6.63. The summed E-state index contributed by atoms with van der Waals surface area (Å²) in [5.74, 6) is 2.87. The minimum Gasteiger partial charge on any atom is -0.496 e. The van der Waals surface area contributed by atoms with Gasteiger partial charge in [0.2, 0.25) is 5.89 Å². The molecule has 0 amide bonds. The lowest BCUT2D eigenvalue weighted by atomic mass is 9.94. The van der Waals surface area contributed by atoms with Gasteiger partial charge in [0.05, 0.1) is 26.4 Å². The summed E-state index contributed by atoms with van der Waals surface area (Å²) in [6.07, 6.45) is -0.677. The van der Waals surface area contributed by atoms with Crippen molar-refractivity contribution in [2.75, 3.05) is 20.8 Å². The van der Waals surface area contributed by atoms with E-state index in [1.807, 2.05) is 32.9 Å². The van der Waals surface area contributed by atoms with Crippen LogP contribution in [0.2, 0.25) is 0 Å². The average molecular weight is 347 g/mol. The molecule has 136 valence electrons. The zero-order chi connectivity index (χ0) is 18.1. The SMILES string of the molecule is COc1ccc(OC)c2c1CN([C@H](C)c1nc(C(C)C)no1)C[C@@H]2O. The molecule has 0 aliphatic carbocycles. The number of methoxy groups -OCH3 is 2. The molecule has 0 spiro atoms. The summed E-state index contributed by atoms with van der Waals surface area (Å²) >= 11 is 0. The Morgan fingerprint density at radius 3 is 2.48 bits per heavy atom. The number of β-amino-alcohol motifs (C(OH)–C–C–N with tert-alkyl or cyclic N) is 1. The Morgan fingerprint density at radius 1 is 1.20 bits per heavy atom. The van der Waals surface area contributed by atoms with E-state index in [9.17, 15) is 5.11 Å². The maximum Gasteiger partial charge on any atom is 0.243 e. The van der Waals surface area contributed by atoms with Crippen LogP contribution in [0.3, 0.4) is 0 Å². The molecule has 7 heteroatoms. The molecule has 1 aromatic heterocycles. The zero-order valence-electron chi connectivity index (χ0n) is 15.3. The van der Waals surface area contributed by atoms with Crippen LogP contribution in [0.4, 0.5) is 0 Å². The highest BCUT2D eigenvalue weighted by atomic mass is 16.5. The monoisotopic (exact) mass is 347 g/mol. The molecule has 1 N–H and O–H groups in total. The second kappa shape index (κ2) is 7.01. The molecule has 2 atom stereocenters. The number of hydrogen-bond acceptors (Lipinski definition) is 7. The van der Waals surface area contributed by atoms with Gasteiger partial charge in [0.25, 0.3) is 0 Å². The van der Waals surface area contributed by atoms with Crippen LogP contribution in [-0.2, 0) is 6.54 Å². The quantitative estimate of drug-likeness (QED) is 0.890. The fourth-order valence-electron chi connectivity index (χ4n) is 3.20. The van der Waals surface area contributed by atoms with Crippen molar-refractivity contribution in [1.82, 2.24) is 15.0 Å². The zero-order valence-corrected chi connectivity index (χ0v) is 15.3. The fourth-order valence-corrected chi connectivity index (χ4v) is 3.20. The predicted octanol–water partition coefficient (Wildman–Crippen LogP) is 2.82. The summed E-state index contributed by atoms with van der Waals surface area (Å²) in [6.45, 7) is 7.11. The van der Waals surface area contributed by atoms with E-state index in [2.05, 4.69) is 15.0 Å². The first-order valence-corrected chi connectivity index (χ1v) is 8.45. The van der Waals surface area contributed by atoms with E-state index in [4.69, 9.17) is 14.0 Å². The smallest absolute Gasteiger partial charge is 0.243 e. The van der Waals surface area contributed by atoms with E-state index >= 15 is 0 Å². The molecular weight excluding hydrogens is 322 g/mol. The van der Waals surface area contributed by atoms with E-state index in [1.54, 1.807) is 14.2 Å². The van der Waals surface area contributed by atoms with Crippen molar-refractivity contribution in [3.63, 3.8) is 0 Å². The fraction of sp³-hybridized carbons (Fsp3) is 0.556. The highest BCUT2D eigenvalue weighted by molar-refractivity contribution is 5.51. The van der Waals surface area contributed by atoms with Gasteiger partial charge >= 0.3 is 0 Å². The van der Waals surface area contributed by atoms with E-state index in [1.165, 1.54) is 0 Å². The summed E-state index contributed by atoms with van der Waals surface area (Å²) in [5.41, 5.74) is 1.72. The maximum atomic E-state index is 10.7. The maximum absolute atomic E-state index is 10.7. The highest BCUT2D eigenvalue weighted by Gasteiger charge is 2.33. The summed E-state index contributed by atoms with van der Waals surface area (Å²) in [4.78, 5) is 6.59. The Bertz CT molecular complexity index is 744. The van der Waals surface area contributed by atoms with E-state index in [0.717, 1.165) is 16.9 Å². The van der Waals surface area contributed by atoms with Crippen LogP contribution in [-0.4, -0.2) is 40.9 Å². The molecule has 0 bridgehead atoms. The first-order chi connectivity index (χ1) is 12.0. The number of aromatic nitrogens is 2. The summed E-state index contributed by atoms with van der Waals surface area (Å²) in [7, 11) is 3.24.